The molecule has 70 valence electrons. The third-order valence-corrected chi connectivity index (χ3v) is 1.45. The molecule has 0 fully saturated rings. The van der Waals surface area contributed by atoms with E-state index < -0.39 is 11.8 Å². The molecule has 5 heteroatoms. The largest absolute Gasteiger partial charge is 0.366 e. The van der Waals surface area contributed by atoms with Gasteiger partial charge in [-0.1, -0.05) is 0 Å². The summed E-state index contributed by atoms with van der Waals surface area (Å²) in [4.78, 5) is 21.2. The first-order valence-electron chi connectivity index (χ1n) is 3.31. The third-order valence-electron chi connectivity index (χ3n) is 1.45. The van der Waals surface area contributed by atoms with Crippen molar-refractivity contribution in [3.63, 3.8) is 0 Å². The van der Waals surface area contributed by atoms with Gasteiger partial charge in [0.05, 0.1) is 0 Å². The van der Waals surface area contributed by atoms with Crippen LogP contribution in [0.3, 0.4) is 0 Å². The van der Waals surface area contributed by atoms with E-state index in [0.29, 0.717) is 11.1 Å². The van der Waals surface area contributed by atoms with Gasteiger partial charge in [-0.25, -0.2) is 0 Å². The molecule has 13 heavy (non-hydrogen) atoms. The van der Waals surface area contributed by atoms with Gasteiger partial charge in [-0.3, -0.25) is 9.59 Å². The van der Waals surface area contributed by atoms with Crippen LogP contribution in [0.25, 0.3) is 0 Å². The number of carbonyl (C=O) groups excluding carboxylic acids is 2. The summed E-state index contributed by atoms with van der Waals surface area (Å²) in [6.45, 7) is 0. The average Bonchev–Trinajstić information content (AvgIpc) is 2.04. The Morgan fingerprint density at radius 3 is 1.23 bits per heavy atom. The van der Waals surface area contributed by atoms with Crippen molar-refractivity contribution in [2.75, 3.05) is 0 Å². The van der Waals surface area contributed by atoms with Gasteiger partial charge in [-0.15, -0.1) is 0 Å². The lowest BCUT2D eigenvalue weighted by molar-refractivity contribution is 0.0988. The summed E-state index contributed by atoms with van der Waals surface area (Å²) in [7, 11) is 0. The number of primary amides is 2. The molecule has 0 spiro atoms. The number of rotatable bonds is 2. The number of hydrogen-bond donors (Lipinski definition) is 3. The van der Waals surface area contributed by atoms with E-state index >= 15 is 0 Å². The van der Waals surface area contributed by atoms with E-state index in [9.17, 15) is 9.59 Å². The summed E-state index contributed by atoms with van der Waals surface area (Å²) >= 11 is 0. The summed E-state index contributed by atoms with van der Waals surface area (Å²) in [6.07, 6.45) is 0. The number of amides is 2. The average molecular weight is 181 g/mol. The molecule has 7 N–H and O–H groups in total. The SMILES string of the molecule is N.NC(=O)c1ccc(C(N)=O)cc1. The highest BCUT2D eigenvalue weighted by atomic mass is 16.1. The van der Waals surface area contributed by atoms with Crippen molar-refractivity contribution in [2.24, 2.45) is 11.5 Å². The molecule has 2 amide bonds. The Labute approximate surface area is 75.3 Å². The van der Waals surface area contributed by atoms with Gasteiger partial charge in [0.25, 0.3) is 0 Å². The van der Waals surface area contributed by atoms with E-state index in [1.165, 1.54) is 24.3 Å². The van der Waals surface area contributed by atoms with Gasteiger partial charge >= 0.3 is 0 Å². The van der Waals surface area contributed by atoms with Gasteiger partial charge in [0.1, 0.15) is 0 Å². The zero-order chi connectivity index (χ0) is 9.14. The number of benzene rings is 1. The van der Waals surface area contributed by atoms with E-state index in [0.717, 1.165) is 0 Å². The highest BCUT2D eigenvalue weighted by Gasteiger charge is 2.02. The fraction of sp³-hybridized carbons (Fsp3) is 0. The predicted octanol–water partition coefficient (Wildman–Crippen LogP) is 0.0464. The molecule has 5 nitrogen and oxygen atoms in total. The van der Waals surface area contributed by atoms with Crippen LogP contribution in [0.4, 0.5) is 0 Å². The molecule has 0 heterocycles. The lowest BCUT2D eigenvalue weighted by Crippen LogP contribution is -2.13. The van der Waals surface area contributed by atoms with Gasteiger partial charge in [0, 0.05) is 11.1 Å². The van der Waals surface area contributed by atoms with Crippen LogP contribution in [0, 0.1) is 0 Å². The molecule has 0 saturated carbocycles. The molecule has 1 aromatic rings. The van der Waals surface area contributed by atoms with Gasteiger partial charge < -0.3 is 17.6 Å². The lowest BCUT2D eigenvalue weighted by Gasteiger charge is -1.96. The first kappa shape index (κ1) is 11.1. The molecule has 0 aliphatic heterocycles. The molecule has 0 saturated heterocycles. The normalized spacial score (nSPS) is 8.62. The van der Waals surface area contributed by atoms with E-state index in [4.69, 9.17) is 11.5 Å². The molecule has 0 radical (unpaired) electrons. The Morgan fingerprint density at radius 1 is 0.846 bits per heavy atom. The summed E-state index contributed by atoms with van der Waals surface area (Å²) in [5, 5.41) is 0. The van der Waals surface area contributed by atoms with Crippen molar-refractivity contribution in [3.8, 4) is 0 Å². The molecule has 0 unspecified atom stereocenters. The highest BCUT2D eigenvalue weighted by Crippen LogP contribution is 2.02. The molecule has 0 aliphatic carbocycles. The number of nitrogens with two attached hydrogens (primary N) is 2. The van der Waals surface area contributed by atoms with Crippen molar-refractivity contribution >= 4 is 11.8 Å². The van der Waals surface area contributed by atoms with Crippen molar-refractivity contribution in [2.45, 2.75) is 0 Å². The first-order chi connectivity index (χ1) is 5.61. The fourth-order valence-corrected chi connectivity index (χ4v) is 0.799. The van der Waals surface area contributed by atoms with Crippen molar-refractivity contribution in [1.82, 2.24) is 6.15 Å². The minimum atomic E-state index is -0.522. The molecule has 1 rings (SSSR count). The smallest absolute Gasteiger partial charge is 0.248 e. The Morgan fingerprint density at radius 2 is 1.08 bits per heavy atom. The van der Waals surface area contributed by atoms with Gasteiger partial charge in [0.2, 0.25) is 11.8 Å². The van der Waals surface area contributed by atoms with E-state index in [1.807, 2.05) is 0 Å². The maximum Gasteiger partial charge on any atom is 0.248 e. The summed E-state index contributed by atoms with van der Waals surface area (Å²) in [5.41, 5.74) is 10.7. The van der Waals surface area contributed by atoms with Crippen LogP contribution in [0.15, 0.2) is 24.3 Å². The van der Waals surface area contributed by atoms with Crippen LogP contribution in [0.5, 0.6) is 0 Å². The maximum absolute atomic E-state index is 10.6. The van der Waals surface area contributed by atoms with Gasteiger partial charge in [-0.05, 0) is 24.3 Å². The summed E-state index contributed by atoms with van der Waals surface area (Å²) in [5.74, 6) is -1.04. The molecule has 1 aromatic carbocycles. The van der Waals surface area contributed by atoms with Crippen molar-refractivity contribution < 1.29 is 9.59 Å². The zero-order valence-corrected chi connectivity index (χ0v) is 6.99. The van der Waals surface area contributed by atoms with Crippen LogP contribution in [-0.4, -0.2) is 11.8 Å². The molecule has 0 aliphatic rings. The van der Waals surface area contributed by atoms with Crippen LogP contribution in [0.1, 0.15) is 20.7 Å². The van der Waals surface area contributed by atoms with Crippen LogP contribution in [-0.2, 0) is 0 Å². The van der Waals surface area contributed by atoms with Crippen LogP contribution >= 0.6 is 0 Å². The highest BCUT2D eigenvalue weighted by molar-refractivity contribution is 5.96. The minimum absolute atomic E-state index is 0. The maximum atomic E-state index is 10.6. The molecule has 0 atom stereocenters. The molecular weight excluding hydrogens is 170 g/mol. The topological polar surface area (TPSA) is 121 Å². The second kappa shape index (κ2) is 4.22. The zero-order valence-electron chi connectivity index (χ0n) is 6.99. The van der Waals surface area contributed by atoms with Crippen molar-refractivity contribution in [1.29, 1.82) is 0 Å². The number of hydrogen-bond acceptors (Lipinski definition) is 3. The Bertz CT molecular complexity index is 286. The monoisotopic (exact) mass is 181 g/mol. The van der Waals surface area contributed by atoms with E-state index in [1.54, 1.807) is 0 Å². The summed E-state index contributed by atoms with van der Waals surface area (Å²) < 4.78 is 0. The Balaban J connectivity index is 0.00000144. The fourth-order valence-electron chi connectivity index (χ4n) is 0.799. The predicted molar refractivity (Wildman–Crippen MR) is 48.5 cm³/mol. The quantitative estimate of drug-likeness (QED) is 0.597. The van der Waals surface area contributed by atoms with Crippen LogP contribution in [0.2, 0.25) is 0 Å². The number of carbonyl (C=O) groups is 2. The third kappa shape index (κ3) is 2.57. The van der Waals surface area contributed by atoms with Crippen LogP contribution < -0.4 is 17.6 Å². The Hall–Kier alpha value is -1.88. The molecule has 0 bridgehead atoms. The first-order valence-corrected chi connectivity index (χ1v) is 3.31. The molecule has 0 aromatic heterocycles. The van der Waals surface area contributed by atoms with E-state index in [2.05, 4.69) is 0 Å². The van der Waals surface area contributed by atoms with Gasteiger partial charge in [0.15, 0.2) is 0 Å². The standard InChI is InChI=1S/C8H8N2O2.H3N/c9-7(11)5-1-2-6(4-3-5)8(10)12;/h1-4H,(H2,9,11)(H2,10,12);1H3. The van der Waals surface area contributed by atoms with Gasteiger partial charge in [-0.2, -0.15) is 0 Å². The van der Waals surface area contributed by atoms with E-state index in [-0.39, 0.29) is 6.15 Å². The van der Waals surface area contributed by atoms with Crippen molar-refractivity contribution in [3.05, 3.63) is 35.4 Å². The minimum Gasteiger partial charge on any atom is -0.366 e. The molecular formula is C8H11N3O2. The lowest BCUT2D eigenvalue weighted by atomic mass is 10.1. The second-order valence-corrected chi connectivity index (χ2v) is 2.31. The Kier molecular flexibility index (Phi) is 3.61. The second-order valence-electron chi connectivity index (χ2n) is 2.31. The summed E-state index contributed by atoms with van der Waals surface area (Å²) in [6, 6.07) is 5.84.